The molecule has 2 aromatic carbocycles. The van der Waals surface area contributed by atoms with E-state index in [2.05, 4.69) is 15.5 Å². The van der Waals surface area contributed by atoms with Crippen molar-refractivity contribution >= 4 is 23.4 Å². The number of anilines is 1. The summed E-state index contributed by atoms with van der Waals surface area (Å²) in [4.78, 5) is 12.0. The largest absolute Gasteiger partial charge is 0.497 e. The summed E-state index contributed by atoms with van der Waals surface area (Å²) in [6, 6.07) is 10.7. The van der Waals surface area contributed by atoms with Crippen LogP contribution in [0.4, 0.5) is 10.1 Å². The van der Waals surface area contributed by atoms with E-state index in [1.54, 1.807) is 25.3 Å². The van der Waals surface area contributed by atoms with Crippen molar-refractivity contribution < 1.29 is 23.1 Å². The Bertz CT molecular complexity index is 931. The van der Waals surface area contributed by atoms with Gasteiger partial charge in [0.05, 0.1) is 25.5 Å². The van der Waals surface area contributed by atoms with Crippen LogP contribution in [0.3, 0.4) is 0 Å². The molecular weight excluding hydrogens is 373 g/mol. The molecule has 0 saturated carbocycles. The lowest BCUT2D eigenvalue weighted by molar-refractivity contribution is -0.113. The minimum atomic E-state index is -0.366. The number of ether oxygens (including phenoxy) is 2. The van der Waals surface area contributed by atoms with Gasteiger partial charge in [-0.05, 0) is 36.4 Å². The Morgan fingerprint density at radius 2 is 1.93 bits per heavy atom. The lowest BCUT2D eigenvalue weighted by Crippen LogP contribution is -2.13. The van der Waals surface area contributed by atoms with Crippen LogP contribution in [-0.4, -0.2) is 36.1 Å². The molecule has 0 saturated heterocycles. The first kappa shape index (κ1) is 18.7. The van der Waals surface area contributed by atoms with Gasteiger partial charge in [-0.25, -0.2) is 4.39 Å². The number of carbonyl (C=O) groups is 1. The van der Waals surface area contributed by atoms with E-state index in [9.17, 15) is 9.18 Å². The Morgan fingerprint density at radius 3 is 2.63 bits per heavy atom. The SMILES string of the molecule is COc1ccc(-c2nnc(SCC(=O)Nc3ccc(F)cc3)o2)c(OC)c1. The van der Waals surface area contributed by atoms with Crippen molar-refractivity contribution in [3.05, 3.63) is 48.3 Å². The van der Waals surface area contributed by atoms with Gasteiger partial charge in [-0.2, -0.15) is 0 Å². The van der Waals surface area contributed by atoms with Crippen LogP contribution in [0.1, 0.15) is 0 Å². The molecule has 0 radical (unpaired) electrons. The number of nitrogens with one attached hydrogen (secondary N) is 1. The highest BCUT2D eigenvalue weighted by Crippen LogP contribution is 2.33. The highest BCUT2D eigenvalue weighted by Gasteiger charge is 2.15. The van der Waals surface area contributed by atoms with Crippen LogP contribution in [0.25, 0.3) is 11.5 Å². The van der Waals surface area contributed by atoms with Crippen molar-refractivity contribution in [1.29, 1.82) is 0 Å². The van der Waals surface area contributed by atoms with Gasteiger partial charge in [0.1, 0.15) is 17.3 Å². The Balaban J connectivity index is 1.62. The van der Waals surface area contributed by atoms with E-state index in [-0.39, 0.29) is 28.6 Å². The molecule has 1 aromatic heterocycles. The molecule has 140 valence electrons. The van der Waals surface area contributed by atoms with E-state index in [1.807, 2.05) is 0 Å². The number of aromatic nitrogens is 2. The molecule has 9 heteroatoms. The Morgan fingerprint density at radius 1 is 1.15 bits per heavy atom. The maximum absolute atomic E-state index is 12.9. The predicted octanol–water partition coefficient (Wildman–Crippen LogP) is 3.62. The van der Waals surface area contributed by atoms with Crippen molar-refractivity contribution in [2.24, 2.45) is 0 Å². The first-order valence-corrected chi connectivity index (χ1v) is 8.81. The summed E-state index contributed by atoms with van der Waals surface area (Å²) in [5, 5.41) is 10.8. The van der Waals surface area contributed by atoms with Crippen LogP contribution < -0.4 is 14.8 Å². The number of hydrogen-bond acceptors (Lipinski definition) is 7. The first-order chi connectivity index (χ1) is 13.1. The Labute approximate surface area is 158 Å². The number of rotatable bonds is 7. The molecule has 0 aliphatic rings. The average Bonchev–Trinajstić information content (AvgIpc) is 3.16. The van der Waals surface area contributed by atoms with Crippen molar-refractivity contribution in [2.75, 3.05) is 25.3 Å². The van der Waals surface area contributed by atoms with Crippen molar-refractivity contribution in [3.8, 4) is 23.0 Å². The fourth-order valence-electron chi connectivity index (χ4n) is 2.21. The first-order valence-electron chi connectivity index (χ1n) is 7.83. The van der Waals surface area contributed by atoms with Crippen LogP contribution in [-0.2, 0) is 4.79 Å². The molecule has 3 rings (SSSR count). The van der Waals surface area contributed by atoms with Crippen molar-refractivity contribution in [1.82, 2.24) is 10.2 Å². The van der Waals surface area contributed by atoms with Crippen LogP contribution in [0.2, 0.25) is 0 Å². The van der Waals surface area contributed by atoms with Crippen molar-refractivity contribution in [3.63, 3.8) is 0 Å². The smallest absolute Gasteiger partial charge is 0.277 e. The lowest BCUT2D eigenvalue weighted by atomic mass is 10.2. The molecular formula is C18H16FN3O4S. The van der Waals surface area contributed by atoms with Crippen LogP contribution in [0.5, 0.6) is 11.5 Å². The highest BCUT2D eigenvalue weighted by molar-refractivity contribution is 7.99. The van der Waals surface area contributed by atoms with Crippen molar-refractivity contribution in [2.45, 2.75) is 5.22 Å². The molecule has 1 amide bonds. The summed E-state index contributed by atoms with van der Waals surface area (Å²) in [7, 11) is 3.09. The zero-order valence-corrected chi connectivity index (χ0v) is 15.4. The lowest BCUT2D eigenvalue weighted by Gasteiger charge is -2.07. The van der Waals surface area contributed by atoms with Gasteiger partial charge in [0, 0.05) is 11.8 Å². The number of halogens is 1. The highest BCUT2D eigenvalue weighted by atomic mass is 32.2. The number of benzene rings is 2. The van der Waals surface area contributed by atoms with Gasteiger partial charge in [-0.15, -0.1) is 10.2 Å². The summed E-state index contributed by atoms with van der Waals surface area (Å²) in [5.74, 6) is 0.878. The van der Waals surface area contributed by atoms with E-state index in [4.69, 9.17) is 13.9 Å². The maximum atomic E-state index is 12.9. The minimum Gasteiger partial charge on any atom is -0.497 e. The predicted molar refractivity (Wildman–Crippen MR) is 98.6 cm³/mol. The number of nitrogens with zero attached hydrogens (tertiary/aromatic N) is 2. The molecule has 3 aromatic rings. The fourth-order valence-corrected chi connectivity index (χ4v) is 2.77. The Hall–Kier alpha value is -3.07. The molecule has 1 heterocycles. The van der Waals surface area contributed by atoms with Gasteiger partial charge in [0.15, 0.2) is 0 Å². The quantitative estimate of drug-likeness (QED) is 0.618. The van der Waals surface area contributed by atoms with E-state index in [0.29, 0.717) is 22.7 Å². The van der Waals surface area contributed by atoms with Gasteiger partial charge in [-0.1, -0.05) is 11.8 Å². The van der Waals surface area contributed by atoms with E-state index in [0.717, 1.165) is 11.8 Å². The van der Waals surface area contributed by atoms with Crippen LogP contribution >= 0.6 is 11.8 Å². The summed E-state index contributed by atoms with van der Waals surface area (Å²) >= 11 is 1.10. The third-order valence-corrected chi connectivity index (χ3v) is 4.32. The molecule has 0 fully saturated rings. The van der Waals surface area contributed by atoms with E-state index in [1.165, 1.54) is 31.4 Å². The topological polar surface area (TPSA) is 86.5 Å². The van der Waals surface area contributed by atoms with Gasteiger partial charge >= 0.3 is 0 Å². The number of carbonyl (C=O) groups excluding carboxylic acids is 1. The number of amides is 1. The second-order valence-electron chi connectivity index (χ2n) is 5.28. The Kier molecular flexibility index (Phi) is 5.92. The number of methoxy groups -OCH3 is 2. The number of thioether (sulfide) groups is 1. The van der Waals surface area contributed by atoms with Gasteiger partial charge in [0.2, 0.25) is 5.91 Å². The van der Waals surface area contributed by atoms with Crippen LogP contribution in [0, 0.1) is 5.82 Å². The zero-order chi connectivity index (χ0) is 19.2. The van der Waals surface area contributed by atoms with Gasteiger partial charge in [0.25, 0.3) is 11.1 Å². The second kappa shape index (κ2) is 8.54. The normalized spacial score (nSPS) is 10.5. The van der Waals surface area contributed by atoms with E-state index < -0.39 is 0 Å². The molecule has 0 aliphatic carbocycles. The monoisotopic (exact) mass is 389 g/mol. The van der Waals surface area contributed by atoms with Gasteiger partial charge < -0.3 is 19.2 Å². The fraction of sp³-hybridized carbons (Fsp3) is 0.167. The molecule has 0 spiro atoms. The maximum Gasteiger partial charge on any atom is 0.277 e. The zero-order valence-electron chi connectivity index (χ0n) is 14.6. The molecule has 0 atom stereocenters. The van der Waals surface area contributed by atoms with Crippen LogP contribution in [0.15, 0.2) is 52.1 Å². The summed E-state index contributed by atoms with van der Waals surface area (Å²) < 4.78 is 28.9. The average molecular weight is 389 g/mol. The number of hydrogen-bond donors (Lipinski definition) is 1. The summed E-state index contributed by atoms with van der Waals surface area (Å²) in [6.07, 6.45) is 0. The third kappa shape index (κ3) is 4.76. The standard InChI is InChI=1S/C18H16FN3O4S/c1-24-13-7-8-14(15(9-13)25-2)17-21-22-18(26-17)27-10-16(23)20-12-5-3-11(19)4-6-12/h3-9H,10H2,1-2H3,(H,20,23). The second-order valence-corrected chi connectivity index (χ2v) is 6.21. The molecule has 7 nitrogen and oxygen atoms in total. The third-order valence-electron chi connectivity index (χ3n) is 3.50. The summed E-state index contributed by atoms with van der Waals surface area (Å²) in [6.45, 7) is 0. The summed E-state index contributed by atoms with van der Waals surface area (Å²) in [5.41, 5.74) is 1.13. The molecule has 0 unspecified atom stereocenters. The molecule has 1 N–H and O–H groups in total. The minimum absolute atomic E-state index is 0.0682. The van der Waals surface area contributed by atoms with Gasteiger partial charge in [-0.3, -0.25) is 4.79 Å². The molecule has 0 bridgehead atoms. The van der Waals surface area contributed by atoms with E-state index >= 15 is 0 Å². The molecule has 27 heavy (non-hydrogen) atoms. The molecule has 0 aliphatic heterocycles.